The summed E-state index contributed by atoms with van der Waals surface area (Å²) < 4.78 is 5.44. The van der Waals surface area contributed by atoms with E-state index in [4.69, 9.17) is 10.5 Å². The Hall–Kier alpha value is -0.770. The SMILES string of the molecule is CCCCC(N)C1CCCN1C(=O)OC(C)(C)C. The van der Waals surface area contributed by atoms with E-state index in [0.29, 0.717) is 0 Å². The first kappa shape index (κ1) is 15.3. The standard InChI is InChI=1S/C14H28N2O2/c1-5-6-8-11(15)12-9-7-10-16(12)13(17)18-14(2,3)4/h11-12H,5-10,15H2,1-4H3. The van der Waals surface area contributed by atoms with E-state index in [1.165, 1.54) is 0 Å². The third-order valence-electron chi connectivity index (χ3n) is 3.31. The van der Waals surface area contributed by atoms with Crippen molar-refractivity contribution in [2.45, 2.75) is 77.5 Å². The number of nitrogens with zero attached hydrogens (tertiary/aromatic N) is 1. The van der Waals surface area contributed by atoms with Gasteiger partial charge in [-0.3, -0.25) is 0 Å². The highest BCUT2D eigenvalue weighted by Gasteiger charge is 2.35. The van der Waals surface area contributed by atoms with Crippen LogP contribution in [0.4, 0.5) is 4.79 Å². The van der Waals surface area contributed by atoms with Crippen molar-refractivity contribution in [2.75, 3.05) is 6.54 Å². The van der Waals surface area contributed by atoms with E-state index >= 15 is 0 Å². The Bertz CT molecular complexity index is 273. The average Bonchev–Trinajstić information content (AvgIpc) is 2.72. The monoisotopic (exact) mass is 256 g/mol. The van der Waals surface area contributed by atoms with Crippen molar-refractivity contribution in [1.29, 1.82) is 0 Å². The van der Waals surface area contributed by atoms with Gasteiger partial charge in [0.2, 0.25) is 0 Å². The van der Waals surface area contributed by atoms with Crippen LogP contribution in [0.5, 0.6) is 0 Å². The zero-order valence-corrected chi connectivity index (χ0v) is 12.2. The summed E-state index contributed by atoms with van der Waals surface area (Å²) in [6.07, 6.45) is 5.08. The lowest BCUT2D eigenvalue weighted by Crippen LogP contribution is -2.48. The van der Waals surface area contributed by atoms with Gasteiger partial charge in [-0.05, 0) is 40.0 Å². The number of nitrogens with two attached hydrogens (primary N) is 1. The van der Waals surface area contributed by atoms with Crippen molar-refractivity contribution in [2.24, 2.45) is 5.73 Å². The predicted molar refractivity (Wildman–Crippen MR) is 73.5 cm³/mol. The Labute approximate surface area is 111 Å². The van der Waals surface area contributed by atoms with E-state index in [1.807, 2.05) is 25.7 Å². The van der Waals surface area contributed by atoms with Crippen LogP contribution in [0.2, 0.25) is 0 Å². The summed E-state index contributed by atoms with van der Waals surface area (Å²) in [6, 6.07) is 0.242. The molecule has 0 spiro atoms. The zero-order valence-electron chi connectivity index (χ0n) is 12.2. The number of carbonyl (C=O) groups excluding carboxylic acids is 1. The molecule has 1 amide bonds. The summed E-state index contributed by atoms with van der Waals surface area (Å²) in [4.78, 5) is 13.9. The first-order valence-electron chi connectivity index (χ1n) is 7.10. The van der Waals surface area contributed by atoms with Crippen molar-refractivity contribution < 1.29 is 9.53 Å². The van der Waals surface area contributed by atoms with E-state index in [-0.39, 0.29) is 18.2 Å². The van der Waals surface area contributed by atoms with Gasteiger partial charge in [-0.25, -0.2) is 4.79 Å². The summed E-state index contributed by atoms with van der Waals surface area (Å²) in [6.45, 7) is 8.62. The smallest absolute Gasteiger partial charge is 0.410 e. The van der Waals surface area contributed by atoms with Crippen molar-refractivity contribution in [1.82, 2.24) is 4.90 Å². The molecular formula is C14H28N2O2. The van der Waals surface area contributed by atoms with E-state index in [9.17, 15) is 4.79 Å². The summed E-state index contributed by atoms with van der Waals surface area (Å²) in [5.74, 6) is 0. The Morgan fingerprint density at radius 2 is 2.17 bits per heavy atom. The van der Waals surface area contributed by atoms with Crippen LogP contribution in [0.25, 0.3) is 0 Å². The number of rotatable bonds is 4. The molecule has 0 aromatic rings. The molecule has 4 nitrogen and oxygen atoms in total. The Morgan fingerprint density at radius 3 is 2.72 bits per heavy atom. The first-order valence-corrected chi connectivity index (χ1v) is 7.10. The van der Waals surface area contributed by atoms with Crippen LogP contribution in [0.1, 0.15) is 59.8 Å². The van der Waals surface area contributed by atoms with Crippen LogP contribution in [0.3, 0.4) is 0 Å². The number of carbonyl (C=O) groups is 1. The van der Waals surface area contributed by atoms with Gasteiger partial charge in [-0.15, -0.1) is 0 Å². The third-order valence-corrected chi connectivity index (χ3v) is 3.31. The minimum Gasteiger partial charge on any atom is -0.444 e. The van der Waals surface area contributed by atoms with Gasteiger partial charge in [0.25, 0.3) is 0 Å². The maximum absolute atomic E-state index is 12.1. The summed E-state index contributed by atoms with van der Waals surface area (Å²) >= 11 is 0. The molecule has 18 heavy (non-hydrogen) atoms. The van der Waals surface area contributed by atoms with Crippen LogP contribution in [0.15, 0.2) is 0 Å². The lowest BCUT2D eigenvalue weighted by molar-refractivity contribution is 0.0204. The van der Waals surface area contributed by atoms with Crippen LogP contribution in [0, 0.1) is 0 Å². The highest BCUT2D eigenvalue weighted by atomic mass is 16.6. The van der Waals surface area contributed by atoms with Gasteiger partial charge >= 0.3 is 6.09 Å². The van der Waals surface area contributed by atoms with E-state index in [2.05, 4.69) is 6.92 Å². The molecule has 1 rings (SSSR count). The highest BCUT2D eigenvalue weighted by molar-refractivity contribution is 5.69. The topological polar surface area (TPSA) is 55.6 Å². The van der Waals surface area contributed by atoms with E-state index < -0.39 is 5.60 Å². The molecule has 1 aliphatic rings. The van der Waals surface area contributed by atoms with Crippen LogP contribution in [-0.4, -0.2) is 35.2 Å². The lowest BCUT2D eigenvalue weighted by atomic mass is 10.0. The van der Waals surface area contributed by atoms with Crippen molar-refractivity contribution in [3.05, 3.63) is 0 Å². The van der Waals surface area contributed by atoms with Crippen molar-refractivity contribution in [3.8, 4) is 0 Å². The molecule has 2 unspecified atom stereocenters. The normalized spacial score (nSPS) is 22.1. The number of hydrogen-bond donors (Lipinski definition) is 1. The Morgan fingerprint density at radius 1 is 1.50 bits per heavy atom. The lowest BCUT2D eigenvalue weighted by Gasteiger charge is -2.31. The minimum absolute atomic E-state index is 0.0833. The maximum atomic E-state index is 12.1. The maximum Gasteiger partial charge on any atom is 0.410 e. The first-order chi connectivity index (χ1) is 8.35. The molecule has 0 aliphatic carbocycles. The van der Waals surface area contributed by atoms with Gasteiger partial charge in [0.1, 0.15) is 5.60 Å². The number of likely N-dealkylation sites (tertiary alicyclic amines) is 1. The molecular weight excluding hydrogens is 228 g/mol. The van der Waals surface area contributed by atoms with Crippen molar-refractivity contribution >= 4 is 6.09 Å². The second-order valence-electron chi connectivity index (χ2n) is 6.19. The molecule has 1 aliphatic heterocycles. The fourth-order valence-electron chi connectivity index (χ4n) is 2.42. The molecule has 106 valence electrons. The summed E-state index contributed by atoms with van der Waals surface area (Å²) in [5.41, 5.74) is 5.77. The largest absolute Gasteiger partial charge is 0.444 e. The molecule has 0 saturated carbocycles. The number of hydrogen-bond acceptors (Lipinski definition) is 3. The number of amides is 1. The Kier molecular flexibility index (Phi) is 5.45. The van der Waals surface area contributed by atoms with Gasteiger partial charge in [0, 0.05) is 12.6 Å². The van der Waals surface area contributed by atoms with Gasteiger partial charge < -0.3 is 15.4 Å². The molecule has 2 atom stereocenters. The van der Waals surface area contributed by atoms with Gasteiger partial charge in [0.15, 0.2) is 0 Å². The quantitative estimate of drug-likeness (QED) is 0.841. The Balaban J connectivity index is 2.56. The molecule has 1 heterocycles. The molecule has 0 radical (unpaired) electrons. The average molecular weight is 256 g/mol. The fraction of sp³-hybridized carbons (Fsp3) is 0.929. The molecule has 0 aromatic carbocycles. The molecule has 1 fully saturated rings. The second-order valence-corrected chi connectivity index (χ2v) is 6.19. The number of unbranched alkanes of at least 4 members (excludes halogenated alkanes) is 1. The molecule has 2 N–H and O–H groups in total. The van der Waals surface area contributed by atoms with E-state index in [0.717, 1.165) is 38.6 Å². The van der Waals surface area contributed by atoms with Gasteiger partial charge in [0.05, 0.1) is 6.04 Å². The zero-order chi connectivity index (χ0) is 13.8. The van der Waals surface area contributed by atoms with Crippen molar-refractivity contribution in [3.63, 3.8) is 0 Å². The van der Waals surface area contributed by atoms with Gasteiger partial charge in [-0.2, -0.15) is 0 Å². The minimum atomic E-state index is -0.433. The summed E-state index contributed by atoms with van der Waals surface area (Å²) in [7, 11) is 0. The molecule has 0 aromatic heterocycles. The van der Waals surface area contributed by atoms with Crippen LogP contribution in [-0.2, 0) is 4.74 Å². The van der Waals surface area contributed by atoms with Crippen LogP contribution >= 0.6 is 0 Å². The van der Waals surface area contributed by atoms with Crippen LogP contribution < -0.4 is 5.73 Å². The second kappa shape index (κ2) is 6.41. The third kappa shape index (κ3) is 4.48. The number of ether oxygens (including phenoxy) is 1. The summed E-state index contributed by atoms with van der Waals surface area (Å²) in [5, 5.41) is 0. The van der Waals surface area contributed by atoms with Gasteiger partial charge in [-0.1, -0.05) is 19.8 Å². The molecule has 4 heteroatoms. The highest BCUT2D eigenvalue weighted by Crippen LogP contribution is 2.24. The molecule has 0 bridgehead atoms. The molecule has 1 saturated heterocycles. The van der Waals surface area contributed by atoms with E-state index in [1.54, 1.807) is 0 Å². The fourth-order valence-corrected chi connectivity index (χ4v) is 2.42. The predicted octanol–water partition coefficient (Wildman–Crippen LogP) is 2.90.